The predicted molar refractivity (Wildman–Crippen MR) is 176 cm³/mol. The summed E-state index contributed by atoms with van der Waals surface area (Å²) in [4.78, 5) is 2.32. The van der Waals surface area contributed by atoms with Crippen molar-refractivity contribution < 1.29 is 42.9 Å². The molecule has 268 valence electrons. The largest absolute Gasteiger partial charge is 0.393 e. The van der Waals surface area contributed by atoms with Gasteiger partial charge in [0.05, 0.1) is 41.0 Å². The standard InChI is InChI=1S/C16H28ClF3N4O.C15H25Cl2N3O.Zn/c1-3-24(4-2)11-5-6-13(14(25)8-11)22-23-15-12(17)7-10(9-21-15)16(18,19)20;16-10-7-12(17)15(18-8-10)20-19-14-11-4-2-1-3-9(11)5-6-13(14)21;/h10-15,21,25H,3-9H2,1-2H3;9-15,18,21H,1-8H2;. The van der Waals surface area contributed by atoms with Crippen molar-refractivity contribution in [3.63, 3.8) is 0 Å². The third-order valence-electron chi connectivity index (χ3n) is 10.6. The number of azo groups is 2. The maximum absolute atomic E-state index is 12.7. The minimum absolute atomic E-state index is 0. The van der Waals surface area contributed by atoms with Crippen LogP contribution in [0.5, 0.6) is 0 Å². The van der Waals surface area contributed by atoms with Crippen LogP contribution in [0, 0.1) is 17.8 Å². The van der Waals surface area contributed by atoms with Crippen molar-refractivity contribution in [2.45, 2.75) is 149 Å². The van der Waals surface area contributed by atoms with Crippen molar-refractivity contribution in [1.29, 1.82) is 0 Å². The smallest absolute Gasteiger partial charge is 0.391 e. The molecule has 0 aromatic heterocycles. The van der Waals surface area contributed by atoms with Crippen LogP contribution >= 0.6 is 34.8 Å². The van der Waals surface area contributed by atoms with E-state index in [-0.39, 0.29) is 67.6 Å². The Labute approximate surface area is 305 Å². The van der Waals surface area contributed by atoms with Crippen LogP contribution in [0.4, 0.5) is 13.2 Å². The Bertz CT molecular complexity index is 989. The average Bonchev–Trinajstić information content (AvgIpc) is 3.02. The van der Waals surface area contributed by atoms with Crippen LogP contribution < -0.4 is 10.6 Å². The minimum atomic E-state index is -4.25. The third-order valence-corrected chi connectivity index (χ3v) is 11.8. The molecule has 47 heavy (non-hydrogen) atoms. The second-order valence-corrected chi connectivity index (χ2v) is 15.4. The topological polar surface area (TPSA) is 117 Å². The van der Waals surface area contributed by atoms with Gasteiger partial charge in [0.1, 0.15) is 12.3 Å². The van der Waals surface area contributed by atoms with Gasteiger partial charge in [-0.2, -0.15) is 33.6 Å². The van der Waals surface area contributed by atoms with Gasteiger partial charge in [0.15, 0.2) is 0 Å². The molecule has 3 aliphatic carbocycles. The summed E-state index contributed by atoms with van der Waals surface area (Å²) < 4.78 is 38.2. The van der Waals surface area contributed by atoms with E-state index in [2.05, 4.69) is 49.8 Å². The molecule has 5 fully saturated rings. The summed E-state index contributed by atoms with van der Waals surface area (Å²) in [6.45, 7) is 6.61. The molecule has 2 aliphatic heterocycles. The number of hydrogen-bond acceptors (Lipinski definition) is 9. The van der Waals surface area contributed by atoms with Crippen molar-refractivity contribution in [3.8, 4) is 0 Å². The van der Waals surface area contributed by atoms with E-state index in [1.165, 1.54) is 25.7 Å². The first-order chi connectivity index (χ1) is 21.9. The molecule has 13 atom stereocenters. The van der Waals surface area contributed by atoms with Gasteiger partial charge in [0.2, 0.25) is 0 Å². The number of nitrogens with one attached hydrogen (secondary N) is 2. The Balaban J connectivity index is 0.000000253. The molecule has 0 spiro atoms. The molecule has 2 saturated heterocycles. The summed E-state index contributed by atoms with van der Waals surface area (Å²) >= 11 is 18.4. The van der Waals surface area contributed by atoms with E-state index in [0.29, 0.717) is 24.9 Å². The maximum Gasteiger partial charge on any atom is 0.393 e. The quantitative estimate of drug-likeness (QED) is 0.134. The van der Waals surface area contributed by atoms with Gasteiger partial charge in [0.25, 0.3) is 0 Å². The number of piperidine rings is 2. The number of aliphatic hydroxyl groups excluding tert-OH is 2. The van der Waals surface area contributed by atoms with Gasteiger partial charge in [-0.1, -0.05) is 33.1 Å². The van der Waals surface area contributed by atoms with Crippen molar-refractivity contribution in [2.75, 3.05) is 26.2 Å². The molecule has 0 bridgehead atoms. The number of nitrogens with zero attached hydrogens (tertiary/aromatic N) is 5. The van der Waals surface area contributed by atoms with Crippen LogP contribution in [0.15, 0.2) is 20.5 Å². The SMILES string of the molecule is CCN(CC)C1CCC(N=NC2NCC(C(F)(F)F)CC2Cl)C(O)C1.OC1CCC2CCCCC2C1N=NC1NCC(Cl)CC1Cl.[Zn]. The summed E-state index contributed by atoms with van der Waals surface area (Å²) in [7, 11) is 0. The Hall–Kier alpha value is 0.283. The summed E-state index contributed by atoms with van der Waals surface area (Å²) in [5.74, 6) is -0.217. The van der Waals surface area contributed by atoms with E-state index in [4.69, 9.17) is 34.8 Å². The predicted octanol–water partition coefficient (Wildman–Crippen LogP) is 6.47. The summed E-state index contributed by atoms with van der Waals surface area (Å²) in [6, 6.07) is -0.00108. The molecule has 5 rings (SSSR count). The molecule has 0 radical (unpaired) electrons. The van der Waals surface area contributed by atoms with Gasteiger partial charge >= 0.3 is 6.18 Å². The molecule has 16 heteroatoms. The monoisotopic (exact) mass is 781 g/mol. The first kappa shape index (κ1) is 41.7. The second-order valence-electron chi connectivity index (χ2n) is 13.7. The zero-order valence-electron chi connectivity index (χ0n) is 27.7. The van der Waals surface area contributed by atoms with E-state index in [0.717, 1.165) is 51.1 Å². The first-order valence-corrected chi connectivity index (χ1v) is 18.6. The van der Waals surface area contributed by atoms with Crippen LogP contribution in [0.3, 0.4) is 0 Å². The van der Waals surface area contributed by atoms with Crippen molar-refractivity contribution in [2.24, 2.45) is 38.2 Å². The Morgan fingerprint density at radius 3 is 2.00 bits per heavy atom. The van der Waals surface area contributed by atoms with Crippen molar-refractivity contribution >= 4 is 34.8 Å². The molecule has 0 aromatic rings. The number of hydrogen-bond donors (Lipinski definition) is 4. The number of aliphatic hydroxyl groups is 2. The molecule has 9 nitrogen and oxygen atoms in total. The van der Waals surface area contributed by atoms with Crippen molar-refractivity contribution in [3.05, 3.63) is 0 Å². The Morgan fingerprint density at radius 1 is 0.745 bits per heavy atom. The van der Waals surface area contributed by atoms with Gasteiger partial charge < -0.3 is 15.1 Å². The third kappa shape index (κ3) is 11.9. The fourth-order valence-electron chi connectivity index (χ4n) is 7.85. The number of fused-ring (bicyclic) bond motifs is 1. The molecular weight excluding hydrogens is 731 g/mol. The van der Waals surface area contributed by atoms with Crippen LogP contribution in [-0.4, -0.2) is 106 Å². The van der Waals surface area contributed by atoms with E-state index < -0.39 is 29.7 Å². The molecule has 3 saturated carbocycles. The maximum atomic E-state index is 12.7. The number of alkyl halides is 6. The molecule has 0 aromatic carbocycles. The average molecular weight is 785 g/mol. The first-order valence-electron chi connectivity index (χ1n) is 17.3. The second kappa shape index (κ2) is 19.8. The summed E-state index contributed by atoms with van der Waals surface area (Å²) in [5, 5.41) is 43.1. The molecule has 13 unspecified atom stereocenters. The Morgan fingerprint density at radius 2 is 1.38 bits per heavy atom. The normalized spacial score (nSPS) is 41.6. The van der Waals surface area contributed by atoms with Crippen LogP contribution in [0.1, 0.15) is 84.5 Å². The van der Waals surface area contributed by atoms with Gasteiger partial charge in [-0.05, 0) is 76.3 Å². The van der Waals surface area contributed by atoms with E-state index >= 15 is 0 Å². The summed E-state index contributed by atoms with van der Waals surface area (Å²) in [6.07, 6.45) is 3.96. The number of halogens is 6. The molecule has 0 amide bonds. The van der Waals surface area contributed by atoms with Gasteiger partial charge in [0, 0.05) is 44.0 Å². The molecule has 4 N–H and O–H groups in total. The summed E-state index contributed by atoms with van der Waals surface area (Å²) in [5.41, 5.74) is 0. The molecular formula is C31H53Cl3F3N7O2Zn. The van der Waals surface area contributed by atoms with Crippen LogP contribution in [-0.2, 0) is 19.5 Å². The molecule has 5 aliphatic rings. The fraction of sp³-hybridized carbons (Fsp3) is 1.00. The van der Waals surface area contributed by atoms with Gasteiger partial charge in [-0.25, -0.2) is 0 Å². The Kier molecular flexibility index (Phi) is 17.5. The van der Waals surface area contributed by atoms with Gasteiger partial charge in [-0.3, -0.25) is 10.6 Å². The van der Waals surface area contributed by atoms with Crippen LogP contribution in [0.25, 0.3) is 0 Å². The van der Waals surface area contributed by atoms with E-state index in [1.54, 1.807) is 0 Å². The molecule has 2 heterocycles. The van der Waals surface area contributed by atoms with Gasteiger partial charge in [-0.15, -0.1) is 34.8 Å². The zero-order chi connectivity index (χ0) is 33.4. The fourth-order valence-corrected chi connectivity index (χ4v) is 8.93. The van der Waals surface area contributed by atoms with E-state index in [1.807, 2.05) is 0 Å². The minimum Gasteiger partial charge on any atom is -0.391 e. The number of rotatable bonds is 7. The van der Waals surface area contributed by atoms with Crippen LogP contribution in [0.2, 0.25) is 0 Å². The van der Waals surface area contributed by atoms with E-state index in [9.17, 15) is 23.4 Å². The zero-order valence-corrected chi connectivity index (χ0v) is 33.0. The van der Waals surface area contributed by atoms with Crippen molar-refractivity contribution in [1.82, 2.24) is 15.5 Å².